The Balaban J connectivity index is 2.08. The minimum atomic E-state index is 0.942. The molecule has 1 aliphatic rings. The summed E-state index contributed by atoms with van der Waals surface area (Å²) in [5.41, 5.74) is 0. The first-order valence-corrected chi connectivity index (χ1v) is 4.54. The maximum Gasteiger partial charge on any atom is 0.00912 e. The lowest BCUT2D eigenvalue weighted by molar-refractivity contribution is 0.357. The number of piperidine rings is 1. The summed E-state index contributed by atoms with van der Waals surface area (Å²) in [6, 6.07) is 0. The maximum absolute atomic E-state index is 3.37. The van der Waals surface area contributed by atoms with E-state index < -0.39 is 0 Å². The largest absolute Gasteiger partial charge is 0.317 e. The molecule has 1 heteroatoms. The third-order valence-electron chi connectivity index (χ3n) is 2.31. The van der Waals surface area contributed by atoms with Crippen molar-refractivity contribution in [1.29, 1.82) is 0 Å². The topological polar surface area (TPSA) is 12.0 Å². The van der Waals surface area contributed by atoms with Crippen molar-refractivity contribution < 1.29 is 0 Å². The van der Waals surface area contributed by atoms with Gasteiger partial charge in [-0.15, -0.1) is 11.8 Å². The van der Waals surface area contributed by atoms with Crippen LogP contribution in [0.1, 0.15) is 32.6 Å². The summed E-state index contributed by atoms with van der Waals surface area (Å²) < 4.78 is 0. The fraction of sp³-hybridized carbons (Fsp3) is 0.800. The van der Waals surface area contributed by atoms with Crippen LogP contribution in [0, 0.1) is 17.8 Å². The first-order valence-electron chi connectivity index (χ1n) is 4.54. The molecule has 0 aromatic rings. The Kier molecular flexibility index (Phi) is 4.08. The van der Waals surface area contributed by atoms with Crippen molar-refractivity contribution in [1.82, 2.24) is 5.32 Å². The zero-order valence-corrected chi connectivity index (χ0v) is 7.32. The molecule has 0 radical (unpaired) electrons. The Morgan fingerprint density at radius 2 is 2.09 bits per heavy atom. The molecule has 1 saturated heterocycles. The standard InChI is InChI=1S/C10H17N/c1-2-3-4-5-10-6-8-11-9-7-10/h10-11H,4-9H2,1H3. The molecule has 1 aliphatic heterocycles. The summed E-state index contributed by atoms with van der Waals surface area (Å²) in [6.45, 7) is 4.34. The minimum Gasteiger partial charge on any atom is -0.317 e. The van der Waals surface area contributed by atoms with E-state index in [4.69, 9.17) is 0 Å². The molecule has 0 aromatic carbocycles. The number of nitrogens with one attached hydrogen (secondary N) is 1. The van der Waals surface area contributed by atoms with Gasteiger partial charge in [0.15, 0.2) is 0 Å². The lowest BCUT2D eigenvalue weighted by Gasteiger charge is -2.21. The Labute approximate surface area is 69.6 Å². The van der Waals surface area contributed by atoms with Gasteiger partial charge in [-0.3, -0.25) is 0 Å². The fourth-order valence-electron chi connectivity index (χ4n) is 1.57. The van der Waals surface area contributed by atoms with Gasteiger partial charge in [0.05, 0.1) is 0 Å². The molecule has 0 saturated carbocycles. The zero-order chi connectivity index (χ0) is 7.94. The quantitative estimate of drug-likeness (QED) is 0.593. The Morgan fingerprint density at radius 3 is 2.73 bits per heavy atom. The van der Waals surface area contributed by atoms with Crippen LogP contribution in [0.25, 0.3) is 0 Å². The Morgan fingerprint density at radius 1 is 1.36 bits per heavy atom. The first-order chi connectivity index (χ1) is 5.43. The highest BCUT2D eigenvalue weighted by Gasteiger charge is 2.11. The van der Waals surface area contributed by atoms with Gasteiger partial charge < -0.3 is 5.32 Å². The minimum absolute atomic E-state index is 0.942. The van der Waals surface area contributed by atoms with Crippen LogP contribution < -0.4 is 5.32 Å². The predicted molar refractivity (Wildman–Crippen MR) is 48.3 cm³/mol. The zero-order valence-electron chi connectivity index (χ0n) is 7.32. The van der Waals surface area contributed by atoms with Crippen molar-refractivity contribution in [3.63, 3.8) is 0 Å². The van der Waals surface area contributed by atoms with E-state index >= 15 is 0 Å². The highest BCUT2D eigenvalue weighted by Crippen LogP contribution is 2.16. The van der Waals surface area contributed by atoms with Gasteiger partial charge in [0.2, 0.25) is 0 Å². The molecular weight excluding hydrogens is 134 g/mol. The Hall–Kier alpha value is -0.480. The van der Waals surface area contributed by atoms with Crippen molar-refractivity contribution >= 4 is 0 Å². The number of hydrogen-bond donors (Lipinski definition) is 1. The molecule has 0 aromatic heterocycles. The van der Waals surface area contributed by atoms with Gasteiger partial charge >= 0.3 is 0 Å². The van der Waals surface area contributed by atoms with Gasteiger partial charge in [0, 0.05) is 6.42 Å². The van der Waals surface area contributed by atoms with Crippen molar-refractivity contribution in [3.8, 4) is 11.8 Å². The summed E-state index contributed by atoms with van der Waals surface area (Å²) in [4.78, 5) is 0. The average molecular weight is 151 g/mol. The number of hydrogen-bond acceptors (Lipinski definition) is 1. The van der Waals surface area contributed by atoms with Gasteiger partial charge in [-0.05, 0) is 45.2 Å². The predicted octanol–water partition coefficient (Wildman–Crippen LogP) is 1.79. The average Bonchev–Trinajstić information content (AvgIpc) is 2.07. The van der Waals surface area contributed by atoms with E-state index in [1.54, 1.807) is 0 Å². The molecule has 1 N–H and O–H groups in total. The van der Waals surface area contributed by atoms with Crippen LogP contribution in [0.4, 0.5) is 0 Å². The van der Waals surface area contributed by atoms with Gasteiger partial charge in [-0.2, -0.15) is 0 Å². The Bertz CT molecular complexity index is 146. The molecule has 11 heavy (non-hydrogen) atoms. The molecule has 1 heterocycles. The summed E-state index contributed by atoms with van der Waals surface area (Å²) in [5.74, 6) is 7.01. The van der Waals surface area contributed by atoms with E-state index in [1.165, 1.54) is 32.4 Å². The molecule has 0 bridgehead atoms. The molecule has 1 fully saturated rings. The SMILES string of the molecule is CC#CCCC1CCNCC1. The van der Waals surface area contributed by atoms with Crippen molar-refractivity contribution in [2.24, 2.45) is 5.92 Å². The van der Waals surface area contributed by atoms with Gasteiger partial charge in [-0.1, -0.05) is 0 Å². The fourth-order valence-corrected chi connectivity index (χ4v) is 1.57. The van der Waals surface area contributed by atoms with Crippen molar-refractivity contribution in [2.45, 2.75) is 32.6 Å². The lowest BCUT2D eigenvalue weighted by atomic mass is 9.93. The molecule has 0 atom stereocenters. The van der Waals surface area contributed by atoms with Gasteiger partial charge in [0.25, 0.3) is 0 Å². The van der Waals surface area contributed by atoms with Crippen LogP contribution in [0.3, 0.4) is 0 Å². The second-order valence-electron chi connectivity index (χ2n) is 3.16. The third kappa shape index (κ3) is 3.43. The monoisotopic (exact) mass is 151 g/mol. The second kappa shape index (κ2) is 5.21. The molecule has 1 nitrogen and oxygen atoms in total. The van der Waals surface area contributed by atoms with E-state index in [0.717, 1.165) is 12.3 Å². The molecule has 0 amide bonds. The molecule has 0 spiro atoms. The molecule has 0 unspecified atom stereocenters. The van der Waals surface area contributed by atoms with E-state index in [-0.39, 0.29) is 0 Å². The van der Waals surface area contributed by atoms with Gasteiger partial charge in [0.1, 0.15) is 0 Å². The first kappa shape index (κ1) is 8.62. The number of rotatable bonds is 2. The lowest BCUT2D eigenvalue weighted by Crippen LogP contribution is -2.27. The van der Waals surface area contributed by atoms with Crippen LogP contribution in [0.15, 0.2) is 0 Å². The smallest absolute Gasteiger partial charge is 0.00912 e. The van der Waals surface area contributed by atoms with Crippen molar-refractivity contribution in [3.05, 3.63) is 0 Å². The molecular formula is C10H17N. The van der Waals surface area contributed by atoms with E-state index in [9.17, 15) is 0 Å². The van der Waals surface area contributed by atoms with E-state index in [2.05, 4.69) is 17.2 Å². The van der Waals surface area contributed by atoms with E-state index in [0.29, 0.717) is 0 Å². The van der Waals surface area contributed by atoms with Crippen molar-refractivity contribution in [2.75, 3.05) is 13.1 Å². The van der Waals surface area contributed by atoms with Crippen LogP contribution in [-0.4, -0.2) is 13.1 Å². The highest BCUT2D eigenvalue weighted by molar-refractivity contribution is 4.95. The van der Waals surface area contributed by atoms with Crippen LogP contribution in [0.5, 0.6) is 0 Å². The maximum atomic E-state index is 3.37. The molecule has 0 aliphatic carbocycles. The second-order valence-corrected chi connectivity index (χ2v) is 3.16. The van der Waals surface area contributed by atoms with Crippen LogP contribution >= 0.6 is 0 Å². The highest BCUT2D eigenvalue weighted by atomic mass is 14.9. The van der Waals surface area contributed by atoms with Gasteiger partial charge in [-0.25, -0.2) is 0 Å². The molecule has 62 valence electrons. The summed E-state index contributed by atoms with van der Waals surface area (Å²) in [7, 11) is 0. The van der Waals surface area contributed by atoms with Crippen LogP contribution in [-0.2, 0) is 0 Å². The van der Waals surface area contributed by atoms with Crippen LogP contribution in [0.2, 0.25) is 0 Å². The summed E-state index contributed by atoms with van der Waals surface area (Å²) >= 11 is 0. The normalized spacial score (nSPS) is 19.0. The third-order valence-corrected chi connectivity index (χ3v) is 2.31. The summed E-state index contributed by atoms with van der Waals surface area (Å²) in [5, 5.41) is 3.37. The molecule has 1 rings (SSSR count). The summed E-state index contributed by atoms with van der Waals surface area (Å²) in [6.07, 6.45) is 5.11. The van der Waals surface area contributed by atoms with E-state index in [1.807, 2.05) is 6.92 Å².